The van der Waals surface area contributed by atoms with Gasteiger partial charge < -0.3 is 4.74 Å². The second-order valence-electron chi connectivity index (χ2n) is 2.77. The number of methoxy groups -OCH3 is 1. The van der Waals surface area contributed by atoms with Gasteiger partial charge >= 0.3 is 0 Å². The van der Waals surface area contributed by atoms with Crippen molar-refractivity contribution < 1.29 is 9.13 Å². The topological polar surface area (TPSA) is 9.23 Å². The van der Waals surface area contributed by atoms with Crippen LogP contribution in [0.25, 0.3) is 6.08 Å². The lowest BCUT2D eigenvalue weighted by atomic mass is 10.1. The lowest BCUT2D eigenvalue weighted by molar-refractivity contribution is 0.412. The highest BCUT2D eigenvalue weighted by atomic mass is 35.5. The molecule has 0 spiro atoms. The number of rotatable bonds is 4. The normalized spacial score (nSPS) is 10.8. The maximum atomic E-state index is 12.9. The smallest absolute Gasteiger partial charge is 0.126 e. The molecule has 0 aliphatic carbocycles. The van der Waals surface area contributed by atoms with Gasteiger partial charge in [0.1, 0.15) is 11.6 Å². The number of ether oxygens (including phenoxy) is 1. The first kappa shape index (κ1) is 11.1. The van der Waals surface area contributed by atoms with E-state index in [2.05, 4.69) is 0 Å². The highest BCUT2D eigenvalue weighted by molar-refractivity contribution is 6.17. The van der Waals surface area contributed by atoms with Gasteiger partial charge in [0.15, 0.2) is 0 Å². The minimum absolute atomic E-state index is 0.267. The number of benzene rings is 1. The molecule has 0 saturated heterocycles. The minimum atomic E-state index is -0.267. The zero-order valence-electron chi connectivity index (χ0n) is 7.97. The van der Waals surface area contributed by atoms with Gasteiger partial charge in [0, 0.05) is 11.4 Å². The Labute approximate surface area is 88.1 Å². The fourth-order valence-electron chi connectivity index (χ4n) is 1.11. The van der Waals surface area contributed by atoms with E-state index < -0.39 is 0 Å². The molecular formula is C11H12ClFO. The summed E-state index contributed by atoms with van der Waals surface area (Å²) in [5.41, 5.74) is 0.734. The molecule has 0 unspecified atom stereocenters. The van der Waals surface area contributed by atoms with E-state index in [0.29, 0.717) is 11.6 Å². The average molecular weight is 215 g/mol. The van der Waals surface area contributed by atoms with Crippen LogP contribution in [0.2, 0.25) is 0 Å². The standard InChI is InChI=1S/C11H12ClFO/c1-14-11-6-5-10(13)8-9(11)4-2-3-7-12/h2,4-6,8H,3,7H2,1H3/b4-2+. The Bertz CT molecular complexity index is 323. The molecule has 3 heteroatoms. The predicted octanol–water partition coefficient (Wildman–Crippen LogP) is 3.48. The first-order valence-corrected chi connectivity index (χ1v) is 4.87. The zero-order chi connectivity index (χ0) is 10.4. The molecule has 14 heavy (non-hydrogen) atoms. The maximum Gasteiger partial charge on any atom is 0.126 e. The molecule has 0 N–H and O–H groups in total. The van der Waals surface area contributed by atoms with E-state index in [9.17, 15) is 4.39 Å². The van der Waals surface area contributed by atoms with E-state index in [-0.39, 0.29) is 5.82 Å². The van der Waals surface area contributed by atoms with Crippen LogP contribution in [0.5, 0.6) is 5.75 Å². The van der Waals surface area contributed by atoms with Crippen molar-refractivity contribution in [3.8, 4) is 5.75 Å². The largest absolute Gasteiger partial charge is 0.496 e. The number of hydrogen-bond acceptors (Lipinski definition) is 1. The van der Waals surface area contributed by atoms with E-state index in [1.807, 2.05) is 12.2 Å². The van der Waals surface area contributed by atoms with E-state index in [1.165, 1.54) is 12.1 Å². The van der Waals surface area contributed by atoms with E-state index >= 15 is 0 Å². The first-order chi connectivity index (χ1) is 6.77. The summed E-state index contributed by atoms with van der Waals surface area (Å²) in [6, 6.07) is 4.41. The van der Waals surface area contributed by atoms with Crippen LogP contribution < -0.4 is 4.74 Å². The molecular weight excluding hydrogens is 203 g/mol. The second-order valence-corrected chi connectivity index (χ2v) is 3.14. The average Bonchev–Trinajstić information content (AvgIpc) is 2.19. The molecule has 0 radical (unpaired) electrons. The molecule has 0 atom stereocenters. The lowest BCUT2D eigenvalue weighted by Gasteiger charge is -2.03. The third-order valence-electron chi connectivity index (χ3n) is 1.76. The predicted molar refractivity (Wildman–Crippen MR) is 57.3 cm³/mol. The molecule has 1 nitrogen and oxygen atoms in total. The lowest BCUT2D eigenvalue weighted by Crippen LogP contribution is -1.87. The molecule has 0 heterocycles. The maximum absolute atomic E-state index is 12.9. The quantitative estimate of drug-likeness (QED) is 0.698. The van der Waals surface area contributed by atoms with Crippen molar-refractivity contribution in [1.29, 1.82) is 0 Å². The number of alkyl halides is 1. The van der Waals surface area contributed by atoms with Gasteiger partial charge in [-0.05, 0) is 24.6 Å². The van der Waals surface area contributed by atoms with Crippen LogP contribution in [0.15, 0.2) is 24.3 Å². The van der Waals surface area contributed by atoms with Crippen molar-refractivity contribution in [2.75, 3.05) is 13.0 Å². The third kappa shape index (κ3) is 3.04. The summed E-state index contributed by atoms with van der Waals surface area (Å²) in [5.74, 6) is 0.960. The van der Waals surface area contributed by atoms with Gasteiger partial charge in [0.25, 0.3) is 0 Å². The van der Waals surface area contributed by atoms with Crippen LogP contribution in [0.3, 0.4) is 0 Å². The summed E-state index contributed by atoms with van der Waals surface area (Å²) in [6.07, 6.45) is 4.47. The molecule has 0 amide bonds. The van der Waals surface area contributed by atoms with Crippen LogP contribution >= 0.6 is 11.6 Å². The summed E-state index contributed by atoms with van der Waals surface area (Å²) >= 11 is 5.52. The third-order valence-corrected chi connectivity index (χ3v) is 1.98. The highest BCUT2D eigenvalue weighted by Gasteiger charge is 2.00. The zero-order valence-corrected chi connectivity index (χ0v) is 8.72. The fourth-order valence-corrected chi connectivity index (χ4v) is 1.23. The summed E-state index contributed by atoms with van der Waals surface area (Å²) in [5, 5.41) is 0. The molecule has 0 bridgehead atoms. The molecule has 0 aliphatic rings. The van der Waals surface area contributed by atoms with Crippen LogP contribution in [0.1, 0.15) is 12.0 Å². The summed E-state index contributed by atoms with van der Waals surface area (Å²) in [7, 11) is 1.56. The van der Waals surface area contributed by atoms with E-state index in [4.69, 9.17) is 16.3 Å². The molecule has 0 fully saturated rings. The Hall–Kier alpha value is -1.02. The van der Waals surface area contributed by atoms with Crippen LogP contribution in [-0.2, 0) is 0 Å². The van der Waals surface area contributed by atoms with Crippen molar-refractivity contribution in [3.05, 3.63) is 35.7 Å². The monoisotopic (exact) mass is 214 g/mol. The Morgan fingerprint density at radius 1 is 1.50 bits per heavy atom. The molecule has 1 rings (SSSR count). The Kier molecular flexibility index (Phi) is 4.47. The van der Waals surface area contributed by atoms with Gasteiger partial charge in [-0.25, -0.2) is 4.39 Å². The van der Waals surface area contributed by atoms with E-state index in [0.717, 1.165) is 12.0 Å². The molecule has 0 aliphatic heterocycles. The van der Waals surface area contributed by atoms with Crippen molar-refractivity contribution in [2.24, 2.45) is 0 Å². The van der Waals surface area contributed by atoms with Gasteiger partial charge in [0.05, 0.1) is 7.11 Å². The summed E-state index contributed by atoms with van der Waals surface area (Å²) in [4.78, 5) is 0. The Morgan fingerprint density at radius 2 is 2.29 bits per heavy atom. The SMILES string of the molecule is COc1ccc(F)cc1/C=C/CCCl. The second kappa shape index (κ2) is 5.66. The van der Waals surface area contributed by atoms with Crippen molar-refractivity contribution in [3.63, 3.8) is 0 Å². The number of hydrogen-bond donors (Lipinski definition) is 0. The van der Waals surface area contributed by atoms with Gasteiger partial charge in [-0.1, -0.05) is 12.2 Å². The Morgan fingerprint density at radius 3 is 2.93 bits per heavy atom. The molecule has 1 aromatic rings. The fraction of sp³-hybridized carbons (Fsp3) is 0.273. The summed E-state index contributed by atoms with van der Waals surface area (Å²) in [6.45, 7) is 0. The van der Waals surface area contributed by atoms with Gasteiger partial charge in [0.2, 0.25) is 0 Å². The van der Waals surface area contributed by atoms with Gasteiger partial charge in [-0.15, -0.1) is 11.6 Å². The van der Waals surface area contributed by atoms with Gasteiger partial charge in [-0.3, -0.25) is 0 Å². The Balaban J connectivity index is 2.87. The van der Waals surface area contributed by atoms with E-state index in [1.54, 1.807) is 13.2 Å². The van der Waals surface area contributed by atoms with Gasteiger partial charge in [-0.2, -0.15) is 0 Å². The van der Waals surface area contributed by atoms with Crippen LogP contribution in [-0.4, -0.2) is 13.0 Å². The minimum Gasteiger partial charge on any atom is -0.496 e. The van der Waals surface area contributed by atoms with Crippen LogP contribution in [0.4, 0.5) is 4.39 Å². The first-order valence-electron chi connectivity index (χ1n) is 4.34. The highest BCUT2D eigenvalue weighted by Crippen LogP contribution is 2.20. The molecule has 0 aromatic heterocycles. The van der Waals surface area contributed by atoms with Crippen LogP contribution in [0, 0.1) is 5.82 Å². The molecule has 0 saturated carbocycles. The van der Waals surface area contributed by atoms with Crippen molar-refractivity contribution >= 4 is 17.7 Å². The number of allylic oxidation sites excluding steroid dienone is 1. The van der Waals surface area contributed by atoms with Crippen molar-refractivity contribution in [1.82, 2.24) is 0 Å². The molecule has 1 aromatic carbocycles. The molecule has 76 valence electrons. The number of halogens is 2. The van der Waals surface area contributed by atoms with Crippen molar-refractivity contribution in [2.45, 2.75) is 6.42 Å². The summed E-state index contributed by atoms with van der Waals surface area (Å²) < 4.78 is 18.0.